The molecule has 10 nitrogen and oxygen atoms in total. The van der Waals surface area contributed by atoms with Crippen LogP contribution in [-0.4, -0.2) is 33.7 Å². The summed E-state index contributed by atoms with van der Waals surface area (Å²) in [7, 11) is 0. The Morgan fingerprint density at radius 1 is 0.886 bits per heavy atom. The molecular formula is C33H26FN3O7. The molecule has 0 spiro atoms. The van der Waals surface area contributed by atoms with E-state index in [0.29, 0.717) is 11.3 Å². The van der Waals surface area contributed by atoms with Crippen LogP contribution in [0.25, 0.3) is 0 Å². The third-order valence-electron chi connectivity index (χ3n) is 9.92. The number of amides is 4. The Morgan fingerprint density at radius 2 is 1.59 bits per heavy atom. The minimum Gasteiger partial charge on any atom is -0.505 e. The molecule has 3 aromatic carbocycles. The first-order valence-electron chi connectivity index (χ1n) is 14.3. The van der Waals surface area contributed by atoms with Gasteiger partial charge in [-0.05, 0) is 49.9 Å². The zero-order chi connectivity index (χ0) is 31.1. The van der Waals surface area contributed by atoms with E-state index in [2.05, 4.69) is 0 Å². The largest absolute Gasteiger partial charge is 0.505 e. The van der Waals surface area contributed by atoms with Gasteiger partial charge in [0.2, 0.25) is 23.6 Å². The molecule has 222 valence electrons. The maximum Gasteiger partial charge on any atom is 0.271 e. The van der Waals surface area contributed by atoms with Crippen LogP contribution in [0.3, 0.4) is 0 Å². The van der Waals surface area contributed by atoms with E-state index in [1.807, 2.05) is 0 Å². The summed E-state index contributed by atoms with van der Waals surface area (Å²) >= 11 is 0. The minimum absolute atomic E-state index is 0.0752. The maximum atomic E-state index is 14.8. The molecule has 6 atom stereocenters. The number of phenolic OH excluding ortho intramolecular Hbond substituents is 1. The molecule has 4 aliphatic rings. The van der Waals surface area contributed by atoms with E-state index in [1.54, 1.807) is 43.3 Å². The highest BCUT2D eigenvalue weighted by molar-refractivity contribution is 6.25. The second-order valence-electron chi connectivity index (χ2n) is 12.0. The number of carbonyl (C=O) groups is 4. The maximum absolute atomic E-state index is 14.8. The van der Waals surface area contributed by atoms with E-state index in [0.717, 1.165) is 15.9 Å². The number of anilines is 2. The van der Waals surface area contributed by atoms with E-state index >= 15 is 0 Å². The Hall–Kier alpha value is -5.19. The van der Waals surface area contributed by atoms with Gasteiger partial charge in [-0.3, -0.25) is 29.3 Å². The number of nitrogens with zero attached hydrogens (tertiary/aromatic N) is 3. The van der Waals surface area contributed by atoms with Gasteiger partial charge < -0.3 is 5.11 Å². The van der Waals surface area contributed by atoms with Crippen molar-refractivity contribution in [2.45, 2.75) is 25.7 Å². The summed E-state index contributed by atoms with van der Waals surface area (Å²) in [5, 5.41) is 22.4. The van der Waals surface area contributed by atoms with Gasteiger partial charge in [0, 0.05) is 23.6 Å². The van der Waals surface area contributed by atoms with Gasteiger partial charge in [0.25, 0.3) is 5.69 Å². The molecular weight excluding hydrogens is 569 g/mol. The molecule has 2 saturated heterocycles. The minimum atomic E-state index is -1.43. The molecule has 3 aromatic rings. The average Bonchev–Trinajstić information content (AvgIpc) is 3.38. The molecule has 2 aliphatic carbocycles. The predicted octanol–water partition coefficient (Wildman–Crippen LogP) is 4.87. The number of non-ortho nitro benzene ring substituents is 1. The molecule has 2 aliphatic heterocycles. The van der Waals surface area contributed by atoms with Crippen molar-refractivity contribution in [2.24, 2.45) is 29.1 Å². The summed E-state index contributed by atoms with van der Waals surface area (Å²) < 4.78 is 14.8. The van der Waals surface area contributed by atoms with Gasteiger partial charge in [0.1, 0.15) is 0 Å². The second-order valence-corrected chi connectivity index (χ2v) is 12.0. The first kappa shape index (κ1) is 27.6. The summed E-state index contributed by atoms with van der Waals surface area (Å²) in [5.74, 6) is -7.89. The lowest BCUT2D eigenvalue weighted by molar-refractivity contribution is -0.384. The van der Waals surface area contributed by atoms with Crippen molar-refractivity contribution in [3.05, 3.63) is 106 Å². The number of hydrogen-bond donors (Lipinski definition) is 1. The Labute approximate surface area is 250 Å². The number of hydrogen-bond acceptors (Lipinski definition) is 7. The van der Waals surface area contributed by atoms with Gasteiger partial charge >= 0.3 is 0 Å². The lowest BCUT2D eigenvalue weighted by atomic mass is 9.51. The topological polar surface area (TPSA) is 138 Å². The van der Waals surface area contributed by atoms with Crippen molar-refractivity contribution in [2.75, 3.05) is 9.80 Å². The fraction of sp³-hybridized carbons (Fsp3) is 0.273. The third kappa shape index (κ3) is 3.64. The summed E-state index contributed by atoms with van der Waals surface area (Å²) in [4.78, 5) is 69.1. The number of phenols is 1. The molecule has 7 rings (SSSR count). The van der Waals surface area contributed by atoms with Crippen LogP contribution in [0.1, 0.15) is 31.2 Å². The number of nitro groups is 1. The van der Waals surface area contributed by atoms with Crippen molar-refractivity contribution in [1.29, 1.82) is 0 Å². The Kier molecular flexibility index (Phi) is 6.07. The SMILES string of the molecule is C[C@@]12C(=O)N(c3ccccc3)C(=O)[C@@H]1C[C@@H]1C(=CC[C@@H]3C(=O)N(c4cccc([N+](=O)[O-])c4)C(=O)[C@@H]31)[C@@H]2c1cccc(F)c1O. The molecule has 3 fully saturated rings. The summed E-state index contributed by atoms with van der Waals surface area (Å²) in [5.41, 5.74) is -0.549. The number of aromatic hydroxyl groups is 1. The Balaban J connectivity index is 1.37. The van der Waals surface area contributed by atoms with E-state index in [4.69, 9.17) is 0 Å². The number of carbonyl (C=O) groups excluding carboxylic acids is 4. The van der Waals surface area contributed by atoms with Gasteiger partial charge in [0.05, 0.1) is 39.5 Å². The molecule has 1 saturated carbocycles. The molecule has 0 radical (unpaired) electrons. The standard InChI is InChI=1S/C33H26FN3O7/c1-33-24(30(40)36(32(33)42)17-7-3-2-4-8-17)16-23-20(27(33)22-11-6-12-25(34)28(22)38)13-14-21-26(23)31(41)35(29(21)39)18-9-5-10-19(15-18)37(43)44/h2-13,15,21,23-24,26-27,38H,14,16H2,1H3/t21-,23+,24-,26-,27+,33+/m0/s1. The van der Waals surface area contributed by atoms with Crippen LogP contribution in [0.4, 0.5) is 21.5 Å². The monoisotopic (exact) mass is 595 g/mol. The summed E-state index contributed by atoms with van der Waals surface area (Å²) in [6, 6.07) is 17.8. The normalized spacial score (nSPS) is 29.3. The zero-order valence-electron chi connectivity index (χ0n) is 23.4. The smallest absolute Gasteiger partial charge is 0.271 e. The predicted molar refractivity (Wildman–Crippen MR) is 155 cm³/mol. The van der Waals surface area contributed by atoms with Crippen LogP contribution in [0.5, 0.6) is 5.75 Å². The number of fused-ring (bicyclic) bond motifs is 4. The molecule has 1 N–H and O–H groups in total. The van der Waals surface area contributed by atoms with Crippen LogP contribution in [0, 0.1) is 45.0 Å². The van der Waals surface area contributed by atoms with Crippen LogP contribution < -0.4 is 9.80 Å². The fourth-order valence-electron chi connectivity index (χ4n) is 7.95. The van der Waals surface area contributed by atoms with Gasteiger partial charge in [-0.1, -0.05) is 48.0 Å². The van der Waals surface area contributed by atoms with E-state index in [1.165, 1.54) is 36.4 Å². The number of halogens is 1. The Morgan fingerprint density at radius 3 is 2.32 bits per heavy atom. The highest BCUT2D eigenvalue weighted by atomic mass is 19.1. The van der Waals surface area contributed by atoms with Crippen molar-refractivity contribution in [3.63, 3.8) is 0 Å². The number of rotatable bonds is 4. The van der Waals surface area contributed by atoms with Crippen molar-refractivity contribution in [1.82, 2.24) is 0 Å². The lowest BCUT2D eigenvalue weighted by Crippen LogP contribution is -2.49. The van der Waals surface area contributed by atoms with Crippen LogP contribution in [0.2, 0.25) is 0 Å². The molecule has 0 unspecified atom stereocenters. The zero-order valence-corrected chi connectivity index (χ0v) is 23.4. The van der Waals surface area contributed by atoms with Crippen LogP contribution in [-0.2, 0) is 19.2 Å². The van der Waals surface area contributed by atoms with Gasteiger partial charge in [0.15, 0.2) is 11.6 Å². The van der Waals surface area contributed by atoms with E-state index < -0.39 is 75.1 Å². The molecule has 2 heterocycles. The summed E-state index contributed by atoms with van der Waals surface area (Å²) in [6.45, 7) is 1.65. The lowest BCUT2D eigenvalue weighted by Gasteiger charge is -2.49. The van der Waals surface area contributed by atoms with Crippen LogP contribution >= 0.6 is 0 Å². The second kappa shape index (κ2) is 9.66. The highest BCUT2D eigenvalue weighted by Crippen LogP contribution is 2.64. The van der Waals surface area contributed by atoms with Gasteiger partial charge in [-0.25, -0.2) is 14.2 Å². The molecule has 4 amide bonds. The third-order valence-corrected chi connectivity index (χ3v) is 9.92. The summed E-state index contributed by atoms with van der Waals surface area (Å²) in [6.07, 6.45) is 1.99. The number of imide groups is 2. The number of allylic oxidation sites excluding steroid dienone is 2. The average molecular weight is 596 g/mol. The van der Waals surface area contributed by atoms with Crippen LogP contribution in [0.15, 0.2) is 84.4 Å². The first-order valence-corrected chi connectivity index (χ1v) is 14.3. The van der Waals surface area contributed by atoms with E-state index in [9.17, 15) is 38.8 Å². The highest BCUT2D eigenvalue weighted by Gasteiger charge is 2.68. The van der Waals surface area contributed by atoms with Crippen molar-refractivity contribution < 1.29 is 33.6 Å². The fourth-order valence-corrected chi connectivity index (χ4v) is 7.95. The van der Waals surface area contributed by atoms with E-state index in [-0.39, 0.29) is 29.8 Å². The molecule has 0 bridgehead atoms. The molecule has 0 aromatic heterocycles. The number of nitro benzene ring substituents is 1. The molecule has 11 heteroatoms. The quantitative estimate of drug-likeness (QED) is 0.196. The number of para-hydroxylation sites is 2. The van der Waals surface area contributed by atoms with Gasteiger partial charge in [-0.15, -0.1) is 0 Å². The van der Waals surface area contributed by atoms with Crippen molar-refractivity contribution in [3.8, 4) is 5.75 Å². The van der Waals surface area contributed by atoms with Gasteiger partial charge in [-0.2, -0.15) is 0 Å². The molecule has 44 heavy (non-hydrogen) atoms. The first-order chi connectivity index (χ1) is 21.1. The van der Waals surface area contributed by atoms with Crippen molar-refractivity contribution >= 4 is 40.7 Å². The number of benzene rings is 3. The Bertz CT molecular complexity index is 1820.